The maximum atomic E-state index is 13.0. The van der Waals surface area contributed by atoms with Crippen LogP contribution in [0, 0.1) is 6.92 Å². The third-order valence-electron chi connectivity index (χ3n) is 7.63. The Morgan fingerprint density at radius 2 is 1.88 bits per heavy atom. The van der Waals surface area contributed by atoms with Crippen LogP contribution in [0.5, 0.6) is 11.6 Å². The highest BCUT2D eigenvalue weighted by molar-refractivity contribution is 6.04. The number of urea groups is 1. The van der Waals surface area contributed by atoms with Crippen LogP contribution in [0.15, 0.2) is 60.9 Å². The van der Waals surface area contributed by atoms with E-state index in [0.29, 0.717) is 23.6 Å². The van der Waals surface area contributed by atoms with Crippen molar-refractivity contribution < 1.29 is 9.53 Å². The standard InChI is InChI=1S/C31H35N7O2/c1-21-12-13-23-24(9-5-11-26(23)37-31(39)38-18-3-2-4-19-38)28(21)40-29-25(10-7-16-33-29)27-14-17-34-30(36-27)35-22-8-6-15-32-20-22/h5,7,9-14,16-17,22,32H,2-4,6,8,15,18-20H2,1H3,(H,37,39)(H,34,35,36)/t22-/m0/s1. The van der Waals surface area contributed by atoms with Crippen molar-refractivity contribution in [1.29, 1.82) is 0 Å². The fourth-order valence-electron chi connectivity index (χ4n) is 5.47. The molecule has 2 saturated heterocycles. The molecule has 0 bridgehead atoms. The quantitative estimate of drug-likeness (QED) is 0.278. The average molecular weight is 538 g/mol. The van der Waals surface area contributed by atoms with Crippen LogP contribution in [0.2, 0.25) is 0 Å². The molecule has 0 radical (unpaired) electrons. The van der Waals surface area contributed by atoms with E-state index in [1.165, 1.54) is 6.42 Å². The fourth-order valence-corrected chi connectivity index (χ4v) is 5.47. The molecule has 2 aliphatic rings. The monoisotopic (exact) mass is 537 g/mol. The largest absolute Gasteiger partial charge is 0.437 e. The van der Waals surface area contributed by atoms with Crippen molar-refractivity contribution >= 4 is 28.4 Å². The molecule has 2 fully saturated rings. The highest BCUT2D eigenvalue weighted by atomic mass is 16.5. The van der Waals surface area contributed by atoms with Gasteiger partial charge in [-0.15, -0.1) is 0 Å². The number of amides is 2. The number of carbonyl (C=O) groups excluding carboxylic acids is 1. The molecule has 2 amide bonds. The lowest BCUT2D eigenvalue weighted by Gasteiger charge is -2.27. The number of likely N-dealkylation sites (tertiary alicyclic amines) is 1. The van der Waals surface area contributed by atoms with Gasteiger partial charge in [0.25, 0.3) is 0 Å². The molecule has 9 nitrogen and oxygen atoms in total. The third kappa shape index (κ3) is 5.70. The number of carbonyl (C=O) groups is 1. The molecule has 2 aromatic heterocycles. The highest BCUT2D eigenvalue weighted by Crippen LogP contribution is 2.38. The van der Waals surface area contributed by atoms with Crippen molar-refractivity contribution in [2.75, 3.05) is 36.8 Å². The van der Waals surface area contributed by atoms with Crippen molar-refractivity contribution in [2.45, 2.75) is 45.1 Å². The molecule has 9 heteroatoms. The van der Waals surface area contributed by atoms with Crippen molar-refractivity contribution in [2.24, 2.45) is 0 Å². The summed E-state index contributed by atoms with van der Waals surface area (Å²) in [6.07, 6.45) is 8.98. The minimum atomic E-state index is -0.0561. The van der Waals surface area contributed by atoms with Crippen LogP contribution in [0.4, 0.5) is 16.4 Å². The van der Waals surface area contributed by atoms with Crippen LogP contribution >= 0.6 is 0 Å². The number of ether oxygens (including phenoxy) is 1. The van der Waals surface area contributed by atoms with Gasteiger partial charge in [-0.2, -0.15) is 0 Å². The number of hydrogen-bond donors (Lipinski definition) is 3. The number of hydrogen-bond acceptors (Lipinski definition) is 7. The first-order valence-electron chi connectivity index (χ1n) is 14.2. The lowest BCUT2D eigenvalue weighted by molar-refractivity contribution is 0.200. The molecule has 1 atom stereocenters. The minimum Gasteiger partial charge on any atom is -0.437 e. The Bertz CT molecular complexity index is 1500. The molecule has 6 rings (SSSR count). The van der Waals surface area contributed by atoms with Crippen LogP contribution < -0.4 is 20.7 Å². The van der Waals surface area contributed by atoms with Crippen LogP contribution in [0.1, 0.15) is 37.7 Å². The zero-order chi connectivity index (χ0) is 27.3. The predicted molar refractivity (Wildman–Crippen MR) is 158 cm³/mol. The van der Waals surface area contributed by atoms with Crippen LogP contribution in [-0.2, 0) is 0 Å². The van der Waals surface area contributed by atoms with Crippen LogP contribution in [0.3, 0.4) is 0 Å². The van der Waals surface area contributed by atoms with Crippen molar-refractivity contribution in [3.05, 3.63) is 66.5 Å². The van der Waals surface area contributed by atoms with Crippen molar-refractivity contribution in [1.82, 2.24) is 25.2 Å². The van der Waals surface area contributed by atoms with Gasteiger partial charge in [0.2, 0.25) is 11.8 Å². The molecule has 0 unspecified atom stereocenters. The summed E-state index contributed by atoms with van der Waals surface area (Å²) in [4.78, 5) is 28.7. The first-order chi connectivity index (χ1) is 19.7. The summed E-state index contributed by atoms with van der Waals surface area (Å²) in [7, 11) is 0. The van der Waals surface area contributed by atoms with Gasteiger partial charge in [-0.1, -0.05) is 24.3 Å². The third-order valence-corrected chi connectivity index (χ3v) is 7.63. The number of anilines is 2. The summed E-state index contributed by atoms with van der Waals surface area (Å²) >= 11 is 0. The Hall–Kier alpha value is -4.24. The van der Waals surface area contributed by atoms with Gasteiger partial charge in [-0.05, 0) is 75.4 Å². The molecular weight excluding hydrogens is 502 g/mol. The SMILES string of the molecule is Cc1ccc2c(NC(=O)N3CCCCC3)cccc2c1Oc1ncccc1-c1ccnc(N[C@H]2CCCNC2)n1. The Labute approximate surface area is 234 Å². The van der Waals surface area contributed by atoms with E-state index in [0.717, 1.165) is 85.1 Å². The fraction of sp³-hybridized carbons (Fsp3) is 0.355. The zero-order valence-corrected chi connectivity index (χ0v) is 22.8. The van der Waals surface area contributed by atoms with E-state index >= 15 is 0 Å². The summed E-state index contributed by atoms with van der Waals surface area (Å²) in [5.41, 5.74) is 3.25. The van der Waals surface area contributed by atoms with E-state index in [1.54, 1.807) is 12.4 Å². The van der Waals surface area contributed by atoms with Crippen LogP contribution in [-0.4, -0.2) is 58.1 Å². The topological polar surface area (TPSA) is 104 Å². The minimum absolute atomic E-state index is 0.0561. The molecule has 3 N–H and O–H groups in total. The van der Waals surface area contributed by atoms with Gasteiger partial charge >= 0.3 is 6.03 Å². The number of piperidine rings is 2. The summed E-state index contributed by atoms with van der Waals surface area (Å²) in [6.45, 7) is 5.56. The van der Waals surface area contributed by atoms with Crippen molar-refractivity contribution in [3.63, 3.8) is 0 Å². The normalized spacial score (nSPS) is 17.4. The van der Waals surface area contributed by atoms with Gasteiger partial charge in [0.1, 0.15) is 5.75 Å². The second kappa shape index (κ2) is 11.9. The van der Waals surface area contributed by atoms with Gasteiger partial charge in [0.05, 0.1) is 16.9 Å². The average Bonchev–Trinajstić information content (AvgIpc) is 3.00. The van der Waals surface area contributed by atoms with Gasteiger partial charge < -0.3 is 25.6 Å². The number of pyridine rings is 1. The van der Waals surface area contributed by atoms with E-state index in [4.69, 9.17) is 9.72 Å². The number of nitrogens with one attached hydrogen (secondary N) is 3. The first-order valence-corrected chi connectivity index (χ1v) is 14.2. The molecule has 2 aliphatic heterocycles. The highest BCUT2D eigenvalue weighted by Gasteiger charge is 2.20. The molecule has 2 aromatic carbocycles. The smallest absolute Gasteiger partial charge is 0.321 e. The number of rotatable bonds is 6. The lowest BCUT2D eigenvalue weighted by Crippen LogP contribution is -2.38. The van der Waals surface area contributed by atoms with E-state index in [-0.39, 0.29) is 6.03 Å². The molecule has 0 spiro atoms. The lowest BCUT2D eigenvalue weighted by atomic mass is 10.0. The Balaban J connectivity index is 1.29. The second-order valence-electron chi connectivity index (χ2n) is 10.5. The predicted octanol–water partition coefficient (Wildman–Crippen LogP) is 5.97. The van der Waals surface area contributed by atoms with Gasteiger partial charge in [0.15, 0.2) is 0 Å². The summed E-state index contributed by atoms with van der Waals surface area (Å²) < 4.78 is 6.55. The number of nitrogens with zero attached hydrogens (tertiary/aromatic N) is 4. The van der Waals surface area contributed by atoms with Gasteiger partial charge in [0, 0.05) is 48.8 Å². The second-order valence-corrected chi connectivity index (χ2v) is 10.5. The number of benzene rings is 2. The summed E-state index contributed by atoms with van der Waals surface area (Å²) in [5.74, 6) is 1.76. The maximum Gasteiger partial charge on any atom is 0.321 e. The Kier molecular flexibility index (Phi) is 7.72. The van der Waals surface area contributed by atoms with E-state index in [2.05, 4.69) is 25.9 Å². The number of fused-ring (bicyclic) bond motifs is 1. The molecule has 0 aliphatic carbocycles. The molecule has 4 heterocycles. The molecule has 206 valence electrons. The van der Waals surface area contributed by atoms with E-state index < -0.39 is 0 Å². The Morgan fingerprint density at radius 3 is 2.73 bits per heavy atom. The van der Waals surface area contributed by atoms with Crippen LogP contribution in [0.25, 0.3) is 22.0 Å². The number of aryl methyl sites for hydroxylation is 1. The number of aromatic nitrogens is 3. The summed E-state index contributed by atoms with van der Waals surface area (Å²) in [6, 6.07) is 15.9. The summed E-state index contributed by atoms with van der Waals surface area (Å²) in [5, 5.41) is 11.8. The zero-order valence-electron chi connectivity index (χ0n) is 22.8. The van der Waals surface area contributed by atoms with E-state index in [9.17, 15) is 4.79 Å². The van der Waals surface area contributed by atoms with Gasteiger partial charge in [-0.3, -0.25) is 0 Å². The molecule has 0 saturated carbocycles. The first kappa shape index (κ1) is 26.0. The van der Waals surface area contributed by atoms with E-state index in [1.807, 2.05) is 60.4 Å². The molecule has 40 heavy (non-hydrogen) atoms. The van der Waals surface area contributed by atoms with Crippen molar-refractivity contribution in [3.8, 4) is 22.9 Å². The Morgan fingerprint density at radius 1 is 0.975 bits per heavy atom. The molecular formula is C31H35N7O2. The molecule has 4 aromatic rings. The maximum absolute atomic E-state index is 13.0. The van der Waals surface area contributed by atoms with Gasteiger partial charge in [-0.25, -0.2) is 19.7 Å².